The predicted octanol–water partition coefficient (Wildman–Crippen LogP) is 3.21. The van der Waals surface area contributed by atoms with Crippen molar-refractivity contribution in [2.24, 2.45) is 11.8 Å². The van der Waals surface area contributed by atoms with Crippen LogP contribution in [-0.4, -0.2) is 42.3 Å². The van der Waals surface area contributed by atoms with Gasteiger partial charge in [0.25, 0.3) is 5.91 Å². The summed E-state index contributed by atoms with van der Waals surface area (Å²) in [5, 5.41) is 0. The van der Waals surface area contributed by atoms with Crippen molar-refractivity contribution >= 4 is 45.0 Å². The molecule has 4 heterocycles. The summed E-state index contributed by atoms with van der Waals surface area (Å²) in [6.07, 6.45) is 1.75. The third-order valence-electron chi connectivity index (χ3n) is 7.61. The van der Waals surface area contributed by atoms with E-state index in [9.17, 15) is 14.4 Å². The molecule has 2 aromatic carbocycles. The van der Waals surface area contributed by atoms with E-state index in [-0.39, 0.29) is 23.8 Å². The van der Waals surface area contributed by atoms with Crippen LogP contribution in [0.2, 0.25) is 0 Å². The van der Waals surface area contributed by atoms with Crippen molar-refractivity contribution < 1.29 is 14.4 Å². The third kappa shape index (κ3) is 2.18. The van der Waals surface area contributed by atoms with E-state index < -0.39 is 17.4 Å². The van der Waals surface area contributed by atoms with E-state index in [0.717, 1.165) is 40.7 Å². The van der Waals surface area contributed by atoms with Crippen LogP contribution in [-0.2, 0) is 19.9 Å². The lowest BCUT2D eigenvalue weighted by atomic mass is 9.75. The van der Waals surface area contributed by atoms with Gasteiger partial charge in [0.15, 0.2) is 0 Å². The Kier molecular flexibility index (Phi) is 3.88. The van der Waals surface area contributed by atoms with Crippen molar-refractivity contribution in [1.82, 2.24) is 4.90 Å². The summed E-state index contributed by atoms with van der Waals surface area (Å²) >= 11 is 3.41. The minimum absolute atomic E-state index is 0.0914. The summed E-state index contributed by atoms with van der Waals surface area (Å²) in [5.74, 6) is -1.73. The minimum Gasteiger partial charge on any atom is -0.313 e. The zero-order chi connectivity index (χ0) is 21.7. The summed E-state index contributed by atoms with van der Waals surface area (Å²) in [5.41, 5.74) is 2.22. The van der Waals surface area contributed by atoms with Crippen LogP contribution < -0.4 is 9.80 Å². The van der Waals surface area contributed by atoms with Crippen molar-refractivity contribution in [2.75, 3.05) is 23.4 Å². The first-order chi connectivity index (χ1) is 14.9. The maximum atomic E-state index is 13.9. The van der Waals surface area contributed by atoms with Crippen molar-refractivity contribution in [3.63, 3.8) is 0 Å². The van der Waals surface area contributed by atoms with E-state index in [1.54, 1.807) is 24.1 Å². The predicted molar refractivity (Wildman–Crippen MR) is 120 cm³/mol. The number of carbonyl (C=O) groups excluding carboxylic acids is 3. The number of aryl methyl sites for hydroxylation is 1. The van der Waals surface area contributed by atoms with Gasteiger partial charge in [0.05, 0.1) is 17.5 Å². The molecule has 31 heavy (non-hydrogen) atoms. The quantitative estimate of drug-likeness (QED) is 0.589. The molecule has 158 valence electrons. The zero-order valence-corrected chi connectivity index (χ0v) is 18.9. The molecule has 0 radical (unpaired) electrons. The summed E-state index contributed by atoms with van der Waals surface area (Å²) in [7, 11) is 1.78. The van der Waals surface area contributed by atoms with Gasteiger partial charge in [-0.1, -0.05) is 33.6 Å². The van der Waals surface area contributed by atoms with Crippen molar-refractivity contribution in [3.8, 4) is 0 Å². The Balaban J connectivity index is 1.58. The standard InChI is InChI=1S/C24H22BrN3O3/c1-13-5-10-17-16(12-13)24(23(31)26(17)2)20-19(18-4-3-11-27(18)24)21(29)28(22(20)30)15-8-6-14(25)7-9-15/h5-10,12,18-20H,3-4,11H2,1-2H3. The van der Waals surface area contributed by atoms with Gasteiger partial charge in [-0.25, -0.2) is 4.90 Å². The molecule has 6 rings (SSSR count). The van der Waals surface area contributed by atoms with Crippen LogP contribution in [0.15, 0.2) is 46.9 Å². The van der Waals surface area contributed by atoms with Gasteiger partial charge >= 0.3 is 0 Å². The molecule has 0 saturated carbocycles. The zero-order valence-electron chi connectivity index (χ0n) is 17.3. The summed E-state index contributed by atoms with van der Waals surface area (Å²) < 4.78 is 0.881. The third-order valence-corrected chi connectivity index (χ3v) is 8.14. The van der Waals surface area contributed by atoms with E-state index in [2.05, 4.69) is 20.8 Å². The summed E-state index contributed by atoms with van der Waals surface area (Å²) in [6.45, 7) is 2.73. The molecule has 3 amide bonds. The van der Waals surface area contributed by atoms with E-state index in [4.69, 9.17) is 0 Å². The molecule has 4 atom stereocenters. The van der Waals surface area contributed by atoms with E-state index in [1.165, 1.54) is 4.90 Å². The number of hydrogen-bond acceptors (Lipinski definition) is 4. The fourth-order valence-electron chi connectivity index (χ4n) is 6.45. The van der Waals surface area contributed by atoms with Crippen LogP contribution in [0, 0.1) is 18.8 Å². The van der Waals surface area contributed by atoms with Crippen LogP contribution in [0.4, 0.5) is 11.4 Å². The smallest absolute Gasteiger partial charge is 0.252 e. The van der Waals surface area contributed by atoms with Gasteiger partial charge in [0.2, 0.25) is 11.8 Å². The molecule has 0 aromatic heterocycles. The lowest BCUT2D eigenvalue weighted by Crippen LogP contribution is -2.55. The van der Waals surface area contributed by atoms with Crippen LogP contribution >= 0.6 is 15.9 Å². The van der Waals surface area contributed by atoms with Gasteiger partial charge in [-0.3, -0.25) is 19.3 Å². The highest BCUT2D eigenvalue weighted by atomic mass is 79.9. The molecular formula is C24H22BrN3O3. The van der Waals surface area contributed by atoms with Crippen molar-refractivity contribution in [3.05, 3.63) is 58.1 Å². The highest BCUT2D eigenvalue weighted by Crippen LogP contribution is 2.61. The molecule has 4 aliphatic heterocycles. The van der Waals surface area contributed by atoms with Gasteiger partial charge in [0.1, 0.15) is 5.54 Å². The van der Waals surface area contributed by atoms with Crippen LogP contribution in [0.25, 0.3) is 0 Å². The fourth-order valence-corrected chi connectivity index (χ4v) is 6.72. The molecule has 6 nitrogen and oxygen atoms in total. The molecule has 0 N–H and O–H groups in total. The van der Waals surface area contributed by atoms with Gasteiger partial charge in [-0.2, -0.15) is 0 Å². The number of imide groups is 1. The number of nitrogens with zero attached hydrogens (tertiary/aromatic N) is 3. The fraction of sp³-hybridized carbons (Fsp3) is 0.375. The first-order valence-corrected chi connectivity index (χ1v) is 11.5. The van der Waals surface area contributed by atoms with Crippen LogP contribution in [0.3, 0.4) is 0 Å². The number of likely N-dealkylation sites (N-methyl/N-ethyl adjacent to an activating group) is 1. The van der Waals surface area contributed by atoms with Gasteiger partial charge < -0.3 is 4.90 Å². The lowest BCUT2D eigenvalue weighted by Gasteiger charge is -2.37. The molecule has 4 unspecified atom stereocenters. The van der Waals surface area contributed by atoms with E-state index in [1.807, 2.05) is 37.3 Å². The van der Waals surface area contributed by atoms with Crippen molar-refractivity contribution in [2.45, 2.75) is 31.3 Å². The number of amides is 3. The first-order valence-electron chi connectivity index (χ1n) is 10.7. The van der Waals surface area contributed by atoms with E-state index in [0.29, 0.717) is 5.69 Å². The summed E-state index contributed by atoms with van der Waals surface area (Å²) in [4.78, 5) is 46.7. The Morgan fingerprint density at radius 3 is 2.52 bits per heavy atom. The van der Waals surface area contributed by atoms with Gasteiger partial charge in [0, 0.05) is 28.8 Å². The number of benzene rings is 2. The second-order valence-electron chi connectivity index (χ2n) is 9.05. The highest BCUT2D eigenvalue weighted by molar-refractivity contribution is 9.10. The minimum atomic E-state index is -1.10. The molecule has 3 saturated heterocycles. The van der Waals surface area contributed by atoms with Crippen LogP contribution in [0.5, 0.6) is 0 Å². The number of halogens is 1. The Morgan fingerprint density at radius 2 is 1.77 bits per heavy atom. The molecule has 4 aliphatic rings. The number of hydrogen-bond donors (Lipinski definition) is 0. The SMILES string of the molecule is Cc1ccc2c(c1)C1(C(=O)N2C)C2C(=O)N(c3ccc(Br)cc3)C(=O)C2C2CCCN21. The second-order valence-corrected chi connectivity index (χ2v) is 9.96. The average molecular weight is 480 g/mol. The van der Waals surface area contributed by atoms with Crippen molar-refractivity contribution in [1.29, 1.82) is 0 Å². The van der Waals surface area contributed by atoms with Gasteiger partial charge in [-0.05, 0) is 56.6 Å². The normalized spacial score (nSPS) is 31.7. The molecule has 1 spiro atoms. The Morgan fingerprint density at radius 1 is 1.03 bits per heavy atom. The molecule has 0 bridgehead atoms. The second kappa shape index (κ2) is 6.26. The Hall–Kier alpha value is -2.51. The number of rotatable bonds is 1. The van der Waals surface area contributed by atoms with Crippen LogP contribution in [0.1, 0.15) is 24.0 Å². The Labute approximate surface area is 188 Å². The monoisotopic (exact) mass is 479 g/mol. The topological polar surface area (TPSA) is 60.9 Å². The number of fused-ring (bicyclic) bond motifs is 7. The maximum absolute atomic E-state index is 13.9. The number of carbonyl (C=O) groups is 3. The molecule has 7 heteroatoms. The number of anilines is 2. The van der Waals surface area contributed by atoms with Gasteiger partial charge in [-0.15, -0.1) is 0 Å². The largest absolute Gasteiger partial charge is 0.313 e. The molecule has 2 aromatic rings. The molecule has 3 fully saturated rings. The summed E-state index contributed by atoms with van der Waals surface area (Å²) in [6, 6.07) is 13.1. The molecule has 0 aliphatic carbocycles. The molecular weight excluding hydrogens is 458 g/mol. The Bertz CT molecular complexity index is 1160. The first kappa shape index (κ1) is 19.2. The average Bonchev–Trinajstić information content (AvgIpc) is 3.44. The highest BCUT2D eigenvalue weighted by Gasteiger charge is 2.75. The van der Waals surface area contributed by atoms with E-state index >= 15 is 0 Å². The maximum Gasteiger partial charge on any atom is 0.252 e. The lowest BCUT2D eigenvalue weighted by molar-refractivity contribution is -0.136.